The molecular weight excluding hydrogens is 278 g/mol. The van der Waals surface area contributed by atoms with E-state index in [1.807, 2.05) is 25.1 Å². The van der Waals surface area contributed by atoms with Gasteiger partial charge in [0.2, 0.25) is 0 Å². The maximum Gasteiger partial charge on any atom is 0.316 e. The van der Waals surface area contributed by atoms with Crippen LogP contribution in [0.4, 0.5) is 0 Å². The van der Waals surface area contributed by atoms with Gasteiger partial charge in [0.15, 0.2) is 0 Å². The summed E-state index contributed by atoms with van der Waals surface area (Å²) < 4.78 is 5.03. The van der Waals surface area contributed by atoms with E-state index in [0.717, 1.165) is 17.0 Å². The van der Waals surface area contributed by atoms with Gasteiger partial charge in [0.1, 0.15) is 0 Å². The zero-order valence-corrected chi connectivity index (χ0v) is 12.9. The van der Waals surface area contributed by atoms with E-state index in [2.05, 4.69) is 25.9 Å². The van der Waals surface area contributed by atoms with Gasteiger partial charge in [-0.05, 0) is 19.1 Å². The lowest BCUT2D eigenvalue weighted by molar-refractivity contribution is 0.258. The van der Waals surface area contributed by atoms with Crippen molar-refractivity contribution in [3.8, 4) is 12.1 Å². The van der Waals surface area contributed by atoms with Gasteiger partial charge in [0.25, 0.3) is 0 Å². The van der Waals surface area contributed by atoms with E-state index in [0.29, 0.717) is 32.1 Å². The second-order valence-electron chi connectivity index (χ2n) is 4.91. The van der Waals surface area contributed by atoms with Crippen LogP contribution >= 0.6 is 0 Å². The molecule has 0 radical (unpaired) electrons. The molecule has 0 spiro atoms. The zero-order valence-electron chi connectivity index (χ0n) is 12.9. The molecule has 0 saturated heterocycles. The van der Waals surface area contributed by atoms with Crippen LogP contribution in [0.3, 0.4) is 0 Å². The third-order valence-electron chi connectivity index (χ3n) is 3.29. The van der Waals surface area contributed by atoms with E-state index in [9.17, 15) is 0 Å². The smallest absolute Gasteiger partial charge is 0.316 e. The van der Waals surface area contributed by atoms with Crippen molar-refractivity contribution < 1.29 is 4.74 Å². The third-order valence-corrected chi connectivity index (χ3v) is 3.29. The average Bonchev–Trinajstić information content (AvgIpc) is 2.55. The van der Waals surface area contributed by atoms with Crippen LogP contribution < -0.4 is 4.74 Å². The number of pyridine rings is 1. The molecule has 0 aliphatic rings. The Balaban J connectivity index is 2.11. The summed E-state index contributed by atoms with van der Waals surface area (Å²) in [6.07, 6.45) is 4.03. The van der Waals surface area contributed by atoms with Crippen molar-refractivity contribution in [3.63, 3.8) is 0 Å². The molecule has 6 nitrogen and oxygen atoms in total. The van der Waals surface area contributed by atoms with Gasteiger partial charge in [-0.15, -0.1) is 0 Å². The predicted octanol–water partition coefficient (Wildman–Crippen LogP) is 2.10. The maximum absolute atomic E-state index is 8.84. The fourth-order valence-corrected chi connectivity index (χ4v) is 2.11. The highest BCUT2D eigenvalue weighted by atomic mass is 16.5. The van der Waals surface area contributed by atoms with Gasteiger partial charge in [0, 0.05) is 49.7 Å². The Hall–Kier alpha value is -2.52. The number of nitriles is 1. The number of hydrogen-bond acceptors (Lipinski definition) is 6. The monoisotopic (exact) mass is 297 g/mol. The Morgan fingerprint density at radius 1 is 1.27 bits per heavy atom. The number of hydrogen-bond donors (Lipinski definition) is 0. The maximum atomic E-state index is 8.84. The van der Waals surface area contributed by atoms with Crippen molar-refractivity contribution in [2.24, 2.45) is 0 Å². The number of methoxy groups -OCH3 is 1. The molecule has 2 heterocycles. The molecule has 0 N–H and O–H groups in total. The molecule has 0 aromatic carbocycles. The Morgan fingerprint density at radius 2 is 2.14 bits per heavy atom. The van der Waals surface area contributed by atoms with Gasteiger partial charge >= 0.3 is 6.01 Å². The average molecular weight is 297 g/mol. The lowest BCUT2D eigenvalue weighted by Gasteiger charge is -2.21. The third kappa shape index (κ3) is 4.50. The van der Waals surface area contributed by atoms with Crippen LogP contribution in [0.5, 0.6) is 6.01 Å². The zero-order chi connectivity index (χ0) is 15.8. The highest BCUT2D eigenvalue weighted by molar-refractivity contribution is 5.18. The van der Waals surface area contributed by atoms with Crippen molar-refractivity contribution >= 4 is 0 Å². The molecule has 0 fully saturated rings. The van der Waals surface area contributed by atoms with Gasteiger partial charge in [-0.25, -0.2) is 9.97 Å². The number of nitrogens with zero attached hydrogens (tertiary/aromatic N) is 5. The lowest BCUT2D eigenvalue weighted by atomic mass is 10.2. The second-order valence-corrected chi connectivity index (χ2v) is 4.91. The van der Waals surface area contributed by atoms with Crippen molar-refractivity contribution in [1.29, 1.82) is 5.26 Å². The predicted molar refractivity (Wildman–Crippen MR) is 81.9 cm³/mol. The molecule has 114 valence electrons. The fraction of sp³-hybridized carbons (Fsp3) is 0.375. The highest BCUT2D eigenvalue weighted by Crippen LogP contribution is 2.13. The van der Waals surface area contributed by atoms with E-state index in [1.54, 1.807) is 19.5 Å². The highest BCUT2D eigenvalue weighted by Gasteiger charge is 2.11. The molecule has 0 aliphatic carbocycles. The molecule has 6 heteroatoms. The molecule has 0 saturated carbocycles. The van der Waals surface area contributed by atoms with Crippen LogP contribution in [0.1, 0.15) is 23.4 Å². The van der Waals surface area contributed by atoms with Gasteiger partial charge in [-0.3, -0.25) is 9.88 Å². The van der Waals surface area contributed by atoms with E-state index < -0.39 is 0 Å². The summed E-state index contributed by atoms with van der Waals surface area (Å²) in [4.78, 5) is 15.0. The first kappa shape index (κ1) is 15.9. The summed E-state index contributed by atoms with van der Waals surface area (Å²) in [5.41, 5.74) is 2.89. The van der Waals surface area contributed by atoms with E-state index in [-0.39, 0.29) is 0 Å². The molecular formula is C16H19N5O. The van der Waals surface area contributed by atoms with Crippen molar-refractivity contribution in [1.82, 2.24) is 19.9 Å². The van der Waals surface area contributed by atoms with Gasteiger partial charge in [-0.2, -0.15) is 5.26 Å². The number of aryl methyl sites for hydroxylation is 1. The van der Waals surface area contributed by atoms with Crippen LogP contribution in [0.25, 0.3) is 0 Å². The van der Waals surface area contributed by atoms with Crippen LogP contribution in [0.2, 0.25) is 0 Å². The second kappa shape index (κ2) is 8.05. The largest absolute Gasteiger partial charge is 0.467 e. The summed E-state index contributed by atoms with van der Waals surface area (Å²) in [6.45, 7) is 3.98. The van der Waals surface area contributed by atoms with Crippen LogP contribution in [0.15, 0.2) is 30.6 Å². The first-order chi connectivity index (χ1) is 10.7. The molecule has 22 heavy (non-hydrogen) atoms. The normalized spacial score (nSPS) is 10.5. The standard InChI is InChI=1S/C16H19N5O/c1-13-14(10-19-16(20-13)22-2)11-21(9-5-7-17)12-15-6-3-4-8-18-15/h3-4,6,8,10H,5,9,11-12H2,1-2H3. The van der Waals surface area contributed by atoms with E-state index in [4.69, 9.17) is 10.00 Å². The number of ether oxygens (including phenoxy) is 1. The number of rotatable bonds is 7. The van der Waals surface area contributed by atoms with Crippen LogP contribution in [-0.2, 0) is 13.1 Å². The van der Waals surface area contributed by atoms with E-state index >= 15 is 0 Å². The Labute approximate surface area is 130 Å². The minimum absolute atomic E-state index is 0.370. The number of aromatic nitrogens is 3. The summed E-state index contributed by atoms with van der Waals surface area (Å²) in [5, 5.41) is 8.84. The summed E-state index contributed by atoms with van der Waals surface area (Å²) >= 11 is 0. The molecule has 0 aliphatic heterocycles. The minimum Gasteiger partial charge on any atom is -0.467 e. The van der Waals surface area contributed by atoms with Gasteiger partial charge in [0.05, 0.1) is 18.9 Å². The van der Waals surface area contributed by atoms with Gasteiger partial charge < -0.3 is 4.74 Å². The summed E-state index contributed by atoms with van der Waals surface area (Å²) in [6, 6.07) is 8.40. The van der Waals surface area contributed by atoms with Gasteiger partial charge in [-0.1, -0.05) is 6.07 Å². The molecule has 0 bridgehead atoms. The summed E-state index contributed by atoms with van der Waals surface area (Å²) in [5.74, 6) is 0. The minimum atomic E-state index is 0.370. The Morgan fingerprint density at radius 3 is 2.77 bits per heavy atom. The lowest BCUT2D eigenvalue weighted by Crippen LogP contribution is -2.25. The fourth-order valence-electron chi connectivity index (χ4n) is 2.11. The molecule has 2 aromatic heterocycles. The topological polar surface area (TPSA) is 74.9 Å². The van der Waals surface area contributed by atoms with E-state index in [1.165, 1.54) is 0 Å². The molecule has 2 rings (SSSR count). The van der Waals surface area contributed by atoms with Crippen LogP contribution in [-0.4, -0.2) is 33.5 Å². The van der Waals surface area contributed by atoms with Crippen molar-refractivity contribution in [3.05, 3.63) is 47.5 Å². The van der Waals surface area contributed by atoms with Crippen molar-refractivity contribution in [2.75, 3.05) is 13.7 Å². The summed E-state index contributed by atoms with van der Waals surface area (Å²) in [7, 11) is 1.55. The SMILES string of the molecule is COc1ncc(CN(CCC#N)Cc2ccccn2)c(C)n1. The molecule has 0 atom stereocenters. The molecule has 2 aromatic rings. The molecule has 0 unspecified atom stereocenters. The first-order valence-corrected chi connectivity index (χ1v) is 7.08. The van der Waals surface area contributed by atoms with Crippen molar-refractivity contribution in [2.45, 2.75) is 26.4 Å². The Bertz CT molecular complexity index is 639. The molecule has 0 amide bonds. The van der Waals surface area contributed by atoms with Crippen LogP contribution in [0, 0.1) is 18.3 Å². The first-order valence-electron chi connectivity index (χ1n) is 7.08. The quantitative estimate of drug-likeness (QED) is 0.779. The Kier molecular flexibility index (Phi) is 5.81.